The SMILES string of the molecule is O=C(NC1CC1)C1CCCN(C2CCN(Cc3cccc4ccccc34)CC2)C1. The van der Waals surface area contributed by atoms with E-state index in [1.165, 1.54) is 55.0 Å². The molecule has 4 nitrogen and oxygen atoms in total. The van der Waals surface area contributed by atoms with Gasteiger partial charge in [0, 0.05) is 25.2 Å². The summed E-state index contributed by atoms with van der Waals surface area (Å²) in [7, 11) is 0. The average Bonchev–Trinajstić information content (AvgIpc) is 3.59. The zero-order valence-corrected chi connectivity index (χ0v) is 17.4. The highest BCUT2D eigenvalue weighted by molar-refractivity contribution is 5.85. The molecule has 3 fully saturated rings. The van der Waals surface area contributed by atoms with Crippen LogP contribution in [0.2, 0.25) is 0 Å². The van der Waals surface area contributed by atoms with Crippen LogP contribution in [0.4, 0.5) is 0 Å². The lowest BCUT2D eigenvalue weighted by Crippen LogP contribution is -2.50. The van der Waals surface area contributed by atoms with Crippen LogP contribution in [-0.2, 0) is 11.3 Å². The van der Waals surface area contributed by atoms with Crippen molar-refractivity contribution < 1.29 is 4.79 Å². The van der Waals surface area contributed by atoms with Gasteiger partial charge in [-0.2, -0.15) is 0 Å². The molecule has 3 aliphatic rings. The van der Waals surface area contributed by atoms with Crippen molar-refractivity contribution in [3.8, 4) is 0 Å². The third-order valence-electron chi connectivity index (χ3n) is 7.09. The van der Waals surface area contributed by atoms with Gasteiger partial charge in [0.1, 0.15) is 0 Å². The molecule has 2 aromatic rings. The summed E-state index contributed by atoms with van der Waals surface area (Å²) in [5, 5.41) is 5.95. The normalized spacial score (nSPS) is 24.6. The molecule has 1 N–H and O–H groups in total. The second kappa shape index (κ2) is 8.45. The molecule has 1 aliphatic carbocycles. The van der Waals surface area contributed by atoms with Crippen molar-refractivity contribution in [3.63, 3.8) is 0 Å². The van der Waals surface area contributed by atoms with Gasteiger partial charge in [-0.15, -0.1) is 0 Å². The zero-order chi connectivity index (χ0) is 19.6. The van der Waals surface area contributed by atoms with E-state index in [0.717, 1.165) is 32.6 Å². The number of nitrogens with zero attached hydrogens (tertiary/aromatic N) is 2. The largest absolute Gasteiger partial charge is 0.353 e. The van der Waals surface area contributed by atoms with Gasteiger partial charge in [-0.05, 0) is 74.5 Å². The van der Waals surface area contributed by atoms with Gasteiger partial charge >= 0.3 is 0 Å². The van der Waals surface area contributed by atoms with Crippen LogP contribution in [0.3, 0.4) is 0 Å². The van der Waals surface area contributed by atoms with Crippen LogP contribution in [0.5, 0.6) is 0 Å². The maximum Gasteiger partial charge on any atom is 0.224 e. The van der Waals surface area contributed by atoms with Crippen LogP contribution in [-0.4, -0.2) is 54.0 Å². The van der Waals surface area contributed by atoms with Crippen LogP contribution in [0.1, 0.15) is 44.1 Å². The summed E-state index contributed by atoms with van der Waals surface area (Å²) >= 11 is 0. The molecule has 1 saturated carbocycles. The number of hydrogen-bond acceptors (Lipinski definition) is 3. The fraction of sp³-hybridized carbons (Fsp3) is 0.560. The van der Waals surface area contributed by atoms with Gasteiger partial charge in [0.15, 0.2) is 0 Å². The number of benzene rings is 2. The summed E-state index contributed by atoms with van der Waals surface area (Å²) < 4.78 is 0. The summed E-state index contributed by atoms with van der Waals surface area (Å²) in [5.74, 6) is 0.517. The molecule has 1 unspecified atom stereocenters. The Balaban J connectivity index is 1.15. The van der Waals surface area contributed by atoms with E-state index in [2.05, 4.69) is 57.6 Å². The van der Waals surface area contributed by atoms with E-state index < -0.39 is 0 Å². The lowest BCUT2D eigenvalue weighted by molar-refractivity contribution is -0.127. The van der Waals surface area contributed by atoms with Crippen molar-refractivity contribution in [2.24, 2.45) is 5.92 Å². The predicted octanol–water partition coefficient (Wildman–Crippen LogP) is 3.79. The van der Waals surface area contributed by atoms with Crippen molar-refractivity contribution in [1.29, 1.82) is 0 Å². The molecule has 0 aromatic heterocycles. The van der Waals surface area contributed by atoms with Gasteiger partial charge in [0.25, 0.3) is 0 Å². The second-order valence-electron chi connectivity index (χ2n) is 9.26. The van der Waals surface area contributed by atoms with E-state index in [0.29, 0.717) is 18.0 Å². The van der Waals surface area contributed by atoms with Crippen molar-refractivity contribution in [2.45, 2.75) is 57.2 Å². The summed E-state index contributed by atoms with van der Waals surface area (Å²) in [6.45, 7) is 5.49. The topological polar surface area (TPSA) is 35.6 Å². The smallest absolute Gasteiger partial charge is 0.224 e. The third kappa shape index (κ3) is 4.49. The highest BCUT2D eigenvalue weighted by Gasteiger charge is 2.33. The molecule has 2 heterocycles. The number of nitrogens with one attached hydrogen (secondary N) is 1. The fourth-order valence-electron chi connectivity index (χ4n) is 5.21. The molecule has 2 aromatic carbocycles. The first-order valence-electron chi connectivity index (χ1n) is 11.5. The Morgan fingerprint density at radius 1 is 0.931 bits per heavy atom. The van der Waals surface area contributed by atoms with Gasteiger partial charge < -0.3 is 5.32 Å². The van der Waals surface area contributed by atoms with E-state index in [9.17, 15) is 4.79 Å². The first kappa shape index (κ1) is 19.1. The number of rotatable bonds is 5. The quantitative estimate of drug-likeness (QED) is 0.842. The lowest BCUT2D eigenvalue weighted by atomic mass is 9.93. The maximum absolute atomic E-state index is 12.5. The van der Waals surface area contributed by atoms with E-state index >= 15 is 0 Å². The number of fused-ring (bicyclic) bond motifs is 1. The number of carbonyl (C=O) groups is 1. The van der Waals surface area contributed by atoms with Crippen LogP contribution >= 0.6 is 0 Å². The Morgan fingerprint density at radius 2 is 1.72 bits per heavy atom. The molecule has 2 saturated heterocycles. The summed E-state index contributed by atoms with van der Waals surface area (Å²) in [6.07, 6.45) is 7.03. The van der Waals surface area contributed by atoms with Gasteiger partial charge in [-0.25, -0.2) is 0 Å². The average molecular weight is 392 g/mol. The van der Waals surface area contributed by atoms with Crippen LogP contribution in [0, 0.1) is 5.92 Å². The zero-order valence-electron chi connectivity index (χ0n) is 17.4. The minimum atomic E-state index is 0.207. The molecule has 0 radical (unpaired) electrons. The van der Waals surface area contributed by atoms with Gasteiger partial charge in [0.05, 0.1) is 5.92 Å². The van der Waals surface area contributed by atoms with E-state index in [-0.39, 0.29) is 5.92 Å². The van der Waals surface area contributed by atoms with Crippen LogP contribution in [0.25, 0.3) is 10.8 Å². The van der Waals surface area contributed by atoms with E-state index in [4.69, 9.17) is 0 Å². The van der Waals surface area contributed by atoms with Crippen molar-refractivity contribution in [1.82, 2.24) is 15.1 Å². The second-order valence-corrected chi connectivity index (χ2v) is 9.26. The molecular formula is C25H33N3O. The van der Waals surface area contributed by atoms with Gasteiger partial charge in [0.2, 0.25) is 5.91 Å². The molecule has 5 rings (SSSR count). The minimum absolute atomic E-state index is 0.207. The van der Waals surface area contributed by atoms with Crippen LogP contribution in [0.15, 0.2) is 42.5 Å². The first-order valence-corrected chi connectivity index (χ1v) is 11.5. The molecule has 0 bridgehead atoms. The van der Waals surface area contributed by atoms with Gasteiger partial charge in [-0.3, -0.25) is 14.6 Å². The molecule has 154 valence electrons. The van der Waals surface area contributed by atoms with Crippen molar-refractivity contribution >= 4 is 16.7 Å². The van der Waals surface area contributed by atoms with E-state index in [1.807, 2.05) is 0 Å². The summed E-state index contributed by atoms with van der Waals surface area (Å²) in [5.41, 5.74) is 1.44. The number of hydrogen-bond donors (Lipinski definition) is 1. The third-order valence-corrected chi connectivity index (χ3v) is 7.09. The number of likely N-dealkylation sites (tertiary alicyclic amines) is 2. The Labute approximate surface area is 174 Å². The van der Waals surface area contributed by atoms with Crippen molar-refractivity contribution in [2.75, 3.05) is 26.2 Å². The first-order chi connectivity index (χ1) is 14.3. The predicted molar refractivity (Wildman–Crippen MR) is 118 cm³/mol. The Bertz CT molecular complexity index is 849. The Hall–Kier alpha value is -1.91. The molecule has 2 aliphatic heterocycles. The van der Waals surface area contributed by atoms with Crippen LogP contribution < -0.4 is 5.32 Å². The Kier molecular flexibility index (Phi) is 5.56. The molecule has 1 amide bonds. The van der Waals surface area contributed by atoms with Gasteiger partial charge in [-0.1, -0.05) is 42.5 Å². The highest BCUT2D eigenvalue weighted by atomic mass is 16.2. The standard InChI is InChI=1S/C25H33N3O/c29-25(26-22-10-11-22)21-8-4-14-28(18-21)23-12-15-27(16-13-23)17-20-7-3-6-19-5-1-2-9-24(19)20/h1-3,5-7,9,21-23H,4,8,10-18H2,(H,26,29). The summed E-state index contributed by atoms with van der Waals surface area (Å²) in [4.78, 5) is 17.7. The number of piperidine rings is 2. The highest BCUT2D eigenvalue weighted by Crippen LogP contribution is 2.27. The molecule has 0 spiro atoms. The minimum Gasteiger partial charge on any atom is -0.353 e. The Morgan fingerprint density at radius 3 is 2.55 bits per heavy atom. The molecule has 4 heteroatoms. The number of carbonyl (C=O) groups excluding carboxylic acids is 1. The molecule has 29 heavy (non-hydrogen) atoms. The van der Waals surface area contributed by atoms with Crippen molar-refractivity contribution in [3.05, 3.63) is 48.0 Å². The summed E-state index contributed by atoms with van der Waals surface area (Å²) in [6, 6.07) is 16.5. The fourth-order valence-corrected chi connectivity index (χ4v) is 5.21. The monoisotopic (exact) mass is 391 g/mol. The molecular weight excluding hydrogens is 358 g/mol. The maximum atomic E-state index is 12.5. The number of amides is 1. The van der Waals surface area contributed by atoms with E-state index in [1.54, 1.807) is 0 Å². The lowest BCUT2D eigenvalue weighted by Gasteiger charge is -2.42. The molecule has 1 atom stereocenters.